The minimum Gasteiger partial charge on any atom is -0.492 e. The monoisotopic (exact) mass is 276 g/mol. The summed E-state index contributed by atoms with van der Waals surface area (Å²) in [4.78, 5) is 12.7. The van der Waals surface area contributed by atoms with E-state index in [1.165, 1.54) is 15.6 Å². The van der Waals surface area contributed by atoms with Crippen LogP contribution in [-0.4, -0.2) is 22.6 Å². The number of rotatable bonds is 5. The molecule has 2 aromatic rings. The molecule has 19 heavy (non-hydrogen) atoms. The fourth-order valence-corrected chi connectivity index (χ4v) is 2.04. The van der Waals surface area contributed by atoms with Gasteiger partial charge < -0.3 is 4.74 Å². The summed E-state index contributed by atoms with van der Waals surface area (Å²) in [6.07, 6.45) is 2.03. The first-order chi connectivity index (χ1) is 9.19. The average Bonchev–Trinajstić information content (AvgIpc) is 2.43. The van der Waals surface area contributed by atoms with Gasteiger partial charge in [-0.05, 0) is 43.5 Å². The first-order valence-electron chi connectivity index (χ1n) is 6.00. The van der Waals surface area contributed by atoms with Crippen molar-refractivity contribution in [1.29, 1.82) is 0 Å². The Balaban J connectivity index is 1.92. The highest BCUT2D eigenvalue weighted by molar-refractivity contribution is 7.98. The molecule has 0 radical (unpaired) electrons. The molecule has 0 unspecified atom stereocenters. The molecule has 1 heterocycles. The lowest BCUT2D eigenvalue weighted by molar-refractivity contribution is 0.287. The number of hydrogen-bond donors (Lipinski definition) is 0. The van der Waals surface area contributed by atoms with Crippen LogP contribution < -0.4 is 10.3 Å². The lowest BCUT2D eigenvalue weighted by Gasteiger charge is -2.08. The second kappa shape index (κ2) is 6.43. The largest absolute Gasteiger partial charge is 0.492 e. The second-order valence-corrected chi connectivity index (χ2v) is 4.94. The highest BCUT2D eigenvalue weighted by Crippen LogP contribution is 2.18. The molecular weight excluding hydrogens is 260 g/mol. The number of aromatic nitrogens is 2. The van der Waals surface area contributed by atoms with Gasteiger partial charge in [-0.25, -0.2) is 4.68 Å². The summed E-state index contributed by atoms with van der Waals surface area (Å²) in [5.74, 6) is 0.804. The summed E-state index contributed by atoms with van der Waals surface area (Å²) in [6, 6.07) is 11.1. The summed E-state index contributed by atoms with van der Waals surface area (Å²) in [7, 11) is 0. The minimum absolute atomic E-state index is 0.105. The molecule has 0 saturated carbocycles. The molecular formula is C14H16N2O2S. The van der Waals surface area contributed by atoms with Crippen molar-refractivity contribution < 1.29 is 4.74 Å². The van der Waals surface area contributed by atoms with Crippen molar-refractivity contribution in [2.24, 2.45) is 0 Å². The van der Waals surface area contributed by atoms with Crippen LogP contribution in [0.1, 0.15) is 5.69 Å². The van der Waals surface area contributed by atoms with Crippen LogP contribution in [-0.2, 0) is 6.54 Å². The quantitative estimate of drug-likeness (QED) is 0.786. The molecule has 0 aliphatic heterocycles. The van der Waals surface area contributed by atoms with E-state index < -0.39 is 0 Å². The van der Waals surface area contributed by atoms with E-state index >= 15 is 0 Å². The predicted octanol–water partition coefficient (Wildman–Crippen LogP) is 2.35. The van der Waals surface area contributed by atoms with Gasteiger partial charge in [-0.1, -0.05) is 0 Å². The van der Waals surface area contributed by atoms with Crippen LogP contribution in [0.15, 0.2) is 46.1 Å². The molecule has 0 saturated heterocycles. The van der Waals surface area contributed by atoms with Crippen LogP contribution in [0.5, 0.6) is 5.75 Å². The zero-order chi connectivity index (χ0) is 13.7. The first kappa shape index (κ1) is 13.7. The van der Waals surface area contributed by atoms with E-state index in [9.17, 15) is 4.79 Å². The fourth-order valence-electron chi connectivity index (χ4n) is 1.63. The molecule has 4 nitrogen and oxygen atoms in total. The molecule has 0 N–H and O–H groups in total. The number of nitrogens with zero attached hydrogens (tertiary/aromatic N) is 2. The van der Waals surface area contributed by atoms with Crippen molar-refractivity contribution >= 4 is 11.8 Å². The van der Waals surface area contributed by atoms with E-state index in [-0.39, 0.29) is 5.56 Å². The smallest absolute Gasteiger partial charge is 0.266 e. The Morgan fingerprint density at radius 2 is 1.95 bits per heavy atom. The molecule has 0 aliphatic carbocycles. The fraction of sp³-hybridized carbons (Fsp3) is 0.286. The summed E-state index contributed by atoms with van der Waals surface area (Å²) >= 11 is 1.69. The van der Waals surface area contributed by atoms with Gasteiger partial charge in [0.15, 0.2) is 0 Å². The van der Waals surface area contributed by atoms with Gasteiger partial charge in [-0.15, -0.1) is 11.8 Å². The Bertz CT molecular complexity index is 593. The third kappa shape index (κ3) is 3.86. The van der Waals surface area contributed by atoms with E-state index in [0.717, 1.165) is 11.4 Å². The van der Waals surface area contributed by atoms with Gasteiger partial charge in [0.2, 0.25) is 0 Å². The standard InChI is InChI=1S/C14H16N2O2S/c1-11-3-8-14(17)16(15-11)9-10-18-12-4-6-13(19-2)7-5-12/h3-8H,9-10H2,1-2H3. The molecule has 0 amide bonds. The Morgan fingerprint density at radius 3 is 2.63 bits per heavy atom. The minimum atomic E-state index is -0.105. The van der Waals surface area contributed by atoms with E-state index in [2.05, 4.69) is 5.10 Å². The highest BCUT2D eigenvalue weighted by Gasteiger charge is 1.99. The van der Waals surface area contributed by atoms with Gasteiger partial charge in [0.05, 0.1) is 12.2 Å². The molecule has 0 fully saturated rings. The molecule has 5 heteroatoms. The molecule has 1 aromatic heterocycles. The predicted molar refractivity (Wildman–Crippen MR) is 77.0 cm³/mol. The zero-order valence-electron chi connectivity index (χ0n) is 11.0. The van der Waals surface area contributed by atoms with Crippen LogP contribution in [0, 0.1) is 6.92 Å². The van der Waals surface area contributed by atoms with Crippen molar-refractivity contribution in [1.82, 2.24) is 9.78 Å². The maximum absolute atomic E-state index is 11.5. The summed E-state index contributed by atoms with van der Waals surface area (Å²) in [5.41, 5.74) is 0.718. The van der Waals surface area contributed by atoms with Crippen LogP contribution in [0.3, 0.4) is 0 Å². The van der Waals surface area contributed by atoms with Gasteiger partial charge in [0.25, 0.3) is 5.56 Å². The van der Waals surface area contributed by atoms with Gasteiger partial charge in [-0.3, -0.25) is 4.79 Å². The first-order valence-corrected chi connectivity index (χ1v) is 7.23. The van der Waals surface area contributed by atoms with Crippen LogP contribution in [0.2, 0.25) is 0 Å². The lowest BCUT2D eigenvalue weighted by Crippen LogP contribution is -2.25. The Labute approximate surface area is 116 Å². The summed E-state index contributed by atoms with van der Waals surface area (Å²) in [6.45, 7) is 2.73. The molecule has 0 bridgehead atoms. The van der Waals surface area contributed by atoms with Crippen molar-refractivity contribution in [2.75, 3.05) is 12.9 Å². The van der Waals surface area contributed by atoms with E-state index in [1.807, 2.05) is 37.4 Å². The SMILES string of the molecule is CSc1ccc(OCCn2nc(C)ccc2=O)cc1. The normalized spacial score (nSPS) is 10.4. The van der Waals surface area contributed by atoms with Crippen LogP contribution in [0.4, 0.5) is 0 Å². The molecule has 2 rings (SSSR count). The summed E-state index contributed by atoms with van der Waals surface area (Å²) in [5, 5.41) is 4.15. The Morgan fingerprint density at radius 1 is 1.21 bits per heavy atom. The molecule has 0 aliphatic rings. The van der Waals surface area contributed by atoms with Crippen molar-refractivity contribution in [2.45, 2.75) is 18.4 Å². The maximum atomic E-state index is 11.5. The maximum Gasteiger partial charge on any atom is 0.266 e. The second-order valence-electron chi connectivity index (χ2n) is 4.06. The third-order valence-corrected chi connectivity index (χ3v) is 3.37. The number of thioether (sulfide) groups is 1. The lowest BCUT2D eigenvalue weighted by atomic mass is 10.3. The van der Waals surface area contributed by atoms with E-state index in [0.29, 0.717) is 13.2 Å². The topological polar surface area (TPSA) is 44.1 Å². The molecule has 100 valence electrons. The number of aryl methyl sites for hydroxylation is 1. The number of benzene rings is 1. The molecule has 0 atom stereocenters. The Kier molecular flexibility index (Phi) is 4.63. The zero-order valence-corrected chi connectivity index (χ0v) is 11.8. The third-order valence-electron chi connectivity index (χ3n) is 2.63. The van der Waals surface area contributed by atoms with Crippen molar-refractivity contribution in [3.8, 4) is 5.75 Å². The van der Waals surface area contributed by atoms with Gasteiger partial charge >= 0.3 is 0 Å². The van der Waals surface area contributed by atoms with Gasteiger partial charge in [0, 0.05) is 11.0 Å². The van der Waals surface area contributed by atoms with Gasteiger partial charge in [0.1, 0.15) is 12.4 Å². The Hall–Kier alpha value is -1.75. The van der Waals surface area contributed by atoms with Crippen molar-refractivity contribution in [3.63, 3.8) is 0 Å². The number of hydrogen-bond acceptors (Lipinski definition) is 4. The van der Waals surface area contributed by atoms with Crippen LogP contribution in [0.25, 0.3) is 0 Å². The van der Waals surface area contributed by atoms with Gasteiger partial charge in [-0.2, -0.15) is 5.10 Å². The van der Waals surface area contributed by atoms with E-state index in [4.69, 9.17) is 4.74 Å². The van der Waals surface area contributed by atoms with Crippen LogP contribution >= 0.6 is 11.8 Å². The van der Waals surface area contributed by atoms with E-state index in [1.54, 1.807) is 17.8 Å². The average molecular weight is 276 g/mol. The number of ether oxygens (including phenoxy) is 1. The van der Waals surface area contributed by atoms with Crippen molar-refractivity contribution in [3.05, 3.63) is 52.4 Å². The summed E-state index contributed by atoms with van der Waals surface area (Å²) < 4.78 is 7.02. The molecule has 1 aromatic carbocycles. The molecule has 0 spiro atoms. The highest BCUT2D eigenvalue weighted by atomic mass is 32.2.